The van der Waals surface area contributed by atoms with Crippen LogP contribution in [-0.2, 0) is 10.0 Å². The van der Waals surface area contributed by atoms with Gasteiger partial charge in [-0.25, -0.2) is 13.8 Å². The molecule has 0 saturated carbocycles. The molecule has 1 fully saturated rings. The Balaban J connectivity index is 1.72. The fourth-order valence-electron chi connectivity index (χ4n) is 2.87. The molecule has 0 atom stereocenters. The minimum Gasteiger partial charge on any atom is -0.267 e. The summed E-state index contributed by atoms with van der Waals surface area (Å²) in [6.07, 6.45) is 4.30. The summed E-state index contributed by atoms with van der Waals surface area (Å²) in [5, 5.41) is 3.94. The first kappa shape index (κ1) is 19.7. The molecule has 0 aromatic heterocycles. The van der Waals surface area contributed by atoms with Crippen molar-refractivity contribution >= 4 is 38.1 Å². The van der Waals surface area contributed by atoms with Crippen molar-refractivity contribution in [3.05, 3.63) is 64.1 Å². The van der Waals surface area contributed by atoms with Crippen molar-refractivity contribution in [3.8, 4) is 0 Å². The molecule has 1 saturated heterocycles. The fourth-order valence-corrected chi connectivity index (χ4v) is 4.85. The summed E-state index contributed by atoms with van der Waals surface area (Å²) in [5.74, 6) is -0.461. The van der Waals surface area contributed by atoms with Crippen LogP contribution in [0.1, 0.15) is 35.2 Å². The largest absolute Gasteiger partial charge is 0.271 e. The van der Waals surface area contributed by atoms with E-state index in [1.165, 1.54) is 22.7 Å². The average molecular weight is 450 g/mol. The Bertz CT molecular complexity index is 954. The molecule has 1 aliphatic heterocycles. The van der Waals surface area contributed by atoms with Crippen molar-refractivity contribution < 1.29 is 13.2 Å². The average Bonchev–Trinajstić information content (AvgIpc) is 2.69. The van der Waals surface area contributed by atoms with Gasteiger partial charge < -0.3 is 0 Å². The molecule has 142 valence electrons. The van der Waals surface area contributed by atoms with Crippen LogP contribution in [0.3, 0.4) is 0 Å². The van der Waals surface area contributed by atoms with Crippen molar-refractivity contribution in [2.75, 3.05) is 13.1 Å². The number of carbonyl (C=O) groups is 1. The quantitative estimate of drug-likeness (QED) is 0.561. The van der Waals surface area contributed by atoms with Gasteiger partial charge in [0.25, 0.3) is 5.91 Å². The Morgan fingerprint density at radius 1 is 1.07 bits per heavy atom. The van der Waals surface area contributed by atoms with Gasteiger partial charge in [-0.1, -0.05) is 40.5 Å². The van der Waals surface area contributed by atoms with Crippen LogP contribution in [0.25, 0.3) is 0 Å². The highest BCUT2D eigenvalue weighted by atomic mass is 79.9. The smallest absolute Gasteiger partial charge is 0.267 e. The molecule has 0 aliphatic carbocycles. The van der Waals surface area contributed by atoms with E-state index in [-0.39, 0.29) is 10.5 Å². The molecule has 1 heterocycles. The minimum absolute atomic E-state index is 0.132. The third kappa shape index (κ3) is 5.03. The summed E-state index contributed by atoms with van der Waals surface area (Å²) in [6, 6.07) is 13.5. The third-order valence-corrected chi connectivity index (χ3v) is 6.67. The molecule has 1 aliphatic rings. The van der Waals surface area contributed by atoms with E-state index in [0.29, 0.717) is 13.1 Å². The minimum atomic E-state index is -3.58. The Hall–Kier alpha value is -2.03. The first-order chi connectivity index (χ1) is 13.0. The number of hydrazone groups is 1. The van der Waals surface area contributed by atoms with Gasteiger partial charge in [0.05, 0.1) is 11.1 Å². The number of hydrogen-bond acceptors (Lipinski definition) is 4. The molecule has 2 aromatic carbocycles. The molecule has 3 rings (SSSR count). The molecular formula is C19H20BrN3O3S. The number of carbonyl (C=O) groups excluding carboxylic acids is 1. The normalized spacial score (nSPS) is 15.7. The van der Waals surface area contributed by atoms with E-state index in [9.17, 15) is 13.2 Å². The lowest BCUT2D eigenvalue weighted by Crippen LogP contribution is -2.35. The standard InChI is InChI=1S/C19H20BrN3O3S/c20-17-8-4-6-15(12-17)14-21-22-19(24)16-7-5-9-18(13-16)27(25,26)23-10-2-1-3-11-23/h4-9,12-14H,1-3,10-11H2,(H,22,24)/b21-14-. The lowest BCUT2D eigenvalue weighted by atomic mass is 10.2. The van der Waals surface area contributed by atoms with E-state index in [0.717, 1.165) is 29.3 Å². The van der Waals surface area contributed by atoms with Crippen LogP contribution in [0.4, 0.5) is 0 Å². The zero-order chi connectivity index (χ0) is 19.3. The van der Waals surface area contributed by atoms with E-state index in [1.54, 1.807) is 12.1 Å². The van der Waals surface area contributed by atoms with E-state index in [1.807, 2.05) is 24.3 Å². The third-order valence-electron chi connectivity index (χ3n) is 4.28. The monoisotopic (exact) mass is 449 g/mol. The van der Waals surface area contributed by atoms with Crippen molar-refractivity contribution in [2.45, 2.75) is 24.2 Å². The Kier molecular flexibility index (Phi) is 6.41. The van der Waals surface area contributed by atoms with Gasteiger partial charge >= 0.3 is 0 Å². The number of hydrogen-bond donors (Lipinski definition) is 1. The van der Waals surface area contributed by atoms with E-state index in [4.69, 9.17) is 0 Å². The molecular weight excluding hydrogens is 430 g/mol. The number of benzene rings is 2. The molecule has 0 radical (unpaired) electrons. The molecule has 1 amide bonds. The van der Waals surface area contributed by atoms with Crippen LogP contribution < -0.4 is 5.43 Å². The molecule has 6 nitrogen and oxygen atoms in total. The fraction of sp³-hybridized carbons (Fsp3) is 0.263. The SMILES string of the molecule is O=C(N/N=C\c1cccc(Br)c1)c1cccc(S(=O)(=O)N2CCCCC2)c1. The van der Waals surface area contributed by atoms with Gasteiger partial charge in [0.15, 0.2) is 0 Å². The highest BCUT2D eigenvalue weighted by Crippen LogP contribution is 2.21. The second kappa shape index (κ2) is 8.77. The highest BCUT2D eigenvalue weighted by Gasteiger charge is 2.26. The van der Waals surface area contributed by atoms with Gasteiger partial charge in [0.2, 0.25) is 10.0 Å². The van der Waals surface area contributed by atoms with Crippen molar-refractivity contribution in [3.63, 3.8) is 0 Å². The summed E-state index contributed by atoms with van der Waals surface area (Å²) in [6.45, 7) is 1.05. The lowest BCUT2D eigenvalue weighted by molar-refractivity contribution is 0.0955. The lowest BCUT2D eigenvalue weighted by Gasteiger charge is -2.25. The zero-order valence-corrected chi connectivity index (χ0v) is 17.0. The Labute approximate surface area is 167 Å². The first-order valence-corrected chi connectivity index (χ1v) is 10.9. The van der Waals surface area contributed by atoms with Crippen LogP contribution in [0.2, 0.25) is 0 Å². The maximum atomic E-state index is 12.8. The molecule has 2 aromatic rings. The summed E-state index contributed by atoms with van der Waals surface area (Å²) in [7, 11) is -3.58. The number of halogens is 1. The summed E-state index contributed by atoms with van der Waals surface area (Å²) >= 11 is 3.37. The number of rotatable bonds is 5. The molecule has 0 bridgehead atoms. The second-order valence-electron chi connectivity index (χ2n) is 6.25. The molecule has 1 N–H and O–H groups in total. The summed E-state index contributed by atoms with van der Waals surface area (Å²) < 4.78 is 27.9. The first-order valence-electron chi connectivity index (χ1n) is 8.66. The molecule has 27 heavy (non-hydrogen) atoms. The van der Waals surface area contributed by atoms with E-state index >= 15 is 0 Å². The number of sulfonamides is 1. The molecule has 0 unspecified atom stereocenters. The summed E-state index contributed by atoms with van der Waals surface area (Å²) in [5.41, 5.74) is 3.51. The zero-order valence-electron chi connectivity index (χ0n) is 14.6. The Morgan fingerprint density at radius 3 is 2.56 bits per heavy atom. The van der Waals surface area contributed by atoms with Crippen LogP contribution in [0, 0.1) is 0 Å². The van der Waals surface area contributed by atoms with Gasteiger partial charge in [0, 0.05) is 23.1 Å². The Morgan fingerprint density at radius 2 is 1.81 bits per heavy atom. The van der Waals surface area contributed by atoms with E-state index in [2.05, 4.69) is 26.5 Å². The second-order valence-corrected chi connectivity index (χ2v) is 9.10. The van der Waals surface area contributed by atoms with E-state index < -0.39 is 15.9 Å². The maximum absolute atomic E-state index is 12.8. The van der Waals surface area contributed by atoms with Gasteiger partial charge in [-0.05, 0) is 48.7 Å². The van der Waals surface area contributed by atoms with Crippen molar-refractivity contribution in [1.82, 2.24) is 9.73 Å². The summed E-state index contributed by atoms with van der Waals surface area (Å²) in [4.78, 5) is 12.4. The predicted molar refractivity (Wildman–Crippen MR) is 108 cm³/mol. The van der Waals surface area contributed by atoms with Crippen LogP contribution in [0.5, 0.6) is 0 Å². The number of amides is 1. The molecule has 0 spiro atoms. The number of nitrogens with one attached hydrogen (secondary N) is 1. The van der Waals surface area contributed by atoms with Gasteiger partial charge in [-0.15, -0.1) is 0 Å². The number of piperidine rings is 1. The molecule has 8 heteroatoms. The van der Waals surface area contributed by atoms with Gasteiger partial charge in [-0.3, -0.25) is 4.79 Å². The van der Waals surface area contributed by atoms with Crippen LogP contribution >= 0.6 is 15.9 Å². The predicted octanol–water partition coefficient (Wildman–Crippen LogP) is 3.39. The highest BCUT2D eigenvalue weighted by molar-refractivity contribution is 9.10. The van der Waals surface area contributed by atoms with Gasteiger partial charge in [-0.2, -0.15) is 9.41 Å². The van der Waals surface area contributed by atoms with Gasteiger partial charge in [0.1, 0.15) is 0 Å². The van der Waals surface area contributed by atoms with Crippen LogP contribution in [0.15, 0.2) is 63.0 Å². The van der Waals surface area contributed by atoms with Crippen molar-refractivity contribution in [1.29, 1.82) is 0 Å². The van der Waals surface area contributed by atoms with Crippen LogP contribution in [-0.4, -0.2) is 37.9 Å². The topological polar surface area (TPSA) is 78.8 Å². The number of nitrogens with zero attached hydrogens (tertiary/aromatic N) is 2. The maximum Gasteiger partial charge on any atom is 0.271 e. The van der Waals surface area contributed by atoms with Crippen molar-refractivity contribution in [2.24, 2.45) is 5.10 Å².